The first-order valence-corrected chi connectivity index (χ1v) is 15.4. The summed E-state index contributed by atoms with van der Waals surface area (Å²) in [6, 6.07) is 3.01. The third-order valence-electron chi connectivity index (χ3n) is 3.88. The van der Waals surface area contributed by atoms with Crippen LogP contribution in [-0.4, -0.2) is 13.3 Å². The van der Waals surface area contributed by atoms with E-state index in [9.17, 15) is 0 Å². The summed E-state index contributed by atoms with van der Waals surface area (Å²) in [6.07, 6.45) is 0.465. The van der Waals surface area contributed by atoms with Gasteiger partial charge in [0.1, 0.15) is 0 Å². The Kier molecular flexibility index (Phi) is 3.17. The molecule has 23 heavy (non-hydrogen) atoms. The summed E-state index contributed by atoms with van der Waals surface area (Å²) >= 11 is -2.42. The number of hydrogen-bond acceptors (Lipinski definition) is 0. The fourth-order valence-electron chi connectivity index (χ4n) is 2.75. The van der Waals surface area contributed by atoms with Gasteiger partial charge in [-0.15, -0.1) is 0 Å². The van der Waals surface area contributed by atoms with Gasteiger partial charge in [0.2, 0.25) is 0 Å². The molecule has 1 nitrogen and oxygen atoms in total. The van der Waals surface area contributed by atoms with E-state index in [1.165, 1.54) is 6.07 Å². The van der Waals surface area contributed by atoms with Crippen molar-refractivity contribution in [1.29, 1.82) is 0 Å². The average molecular weight is 378 g/mol. The summed E-state index contributed by atoms with van der Waals surface area (Å²) in [4.78, 5) is 0. The molecule has 0 amide bonds. The van der Waals surface area contributed by atoms with Crippen LogP contribution in [0, 0.1) is 19.7 Å². The van der Waals surface area contributed by atoms with E-state index in [0.717, 1.165) is 4.40 Å². The molecule has 2 heteroatoms. The van der Waals surface area contributed by atoms with E-state index in [4.69, 9.17) is 9.60 Å². The molecular weight excluding hydrogens is 339 g/mol. The van der Waals surface area contributed by atoms with Gasteiger partial charge in [-0.05, 0) is 0 Å². The molecule has 0 aliphatic rings. The number of aromatic nitrogens is 1. The predicted molar refractivity (Wildman–Crippen MR) is 104 cm³/mol. The first kappa shape index (κ1) is 10.7. The van der Waals surface area contributed by atoms with E-state index >= 15 is 0 Å². The van der Waals surface area contributed by atoms with Gasteiger partial charge in [0.25, 0.3) is 0 Å². The van der Waals surface area contributed by atoms with Crippen molar-refractivity contribution in [3.05, 3.63) is 47.1 Å². The van der Waals surface area contributed by atoms with Crippen LogP contribution in [0.2, 0.25) is 17.3 Å². The fraction of sp³-hybridized carbons (Fsp3) is 0.476. The number of nitrogens with zero attached hydrogens (tertiary/aromatic N) is 1. The molecule has 0 aliphatic heterocycles. The van der Waals surface area contributed by atoms with Gasteiger partial charge in [0.15, 0.2) is 0 Å². The first-order chi connectivity index (χ1) is 13.4. The van der Waals surface area contributed by atoms with Gasteiger partial charge in [-0.25, -0.2) is 0 Å². The van der Waals surface area contributed by atoms with Crippen LogP contribution in [0.3, 0.4) is 0 Å². The quantitative estimate of drug-likeness (QED) is 0.544. The Bertz CT molecular complexity index is 973. The van der Waals surface area contributed by atoms with Crippen LogP contribution in [-0.2, 0) is 13.4 Å². The van der Waals surface area contributed by atoms with Crippen molar-refractivity contribution in [1.82, 2.24) is 0 Å². The van der Waals surface area contributed by atoms with Crippen molar-refractivity contribution < 1.29 is 14.2 Å². The summed E-state index contributed by atoms with van der Waals surface area (Å²) in [5, 5.41) is 0. The molecule has 1 aromatic carbocycles. The summed E-state index contributed by atoms with van der Waals surface area (Å²) in [7, 11) is 1.88. The standard InChI is InChI=1S/C21H32GeN/c1-15(2)11-18-13-21(19-10-9-16(3)12-17(19)4)23(8)14-20(18)22(5,6)7/h9-10,12-15H,11H2,1-8H3/q+1/i3D3,9D,11D2,12D. The third kappa shape index (κ3) is 4.26. The van der Waals surface area contributed by atoms with Gasteiger partial charge < -0.3 is 0 Å². The molecule has 124 valence electrons. The molecule has 0 saturated carbocycles. The van der Waals surface area contributed by atoms with Crippen LogP contribution in [0.1, 0.15) is 40.1 Å². The average Bonchev–Trinajstić information content (AvgIpc) is 2.55. The van der Waals surface area contributed by atoms with Gasteiger partial charge in [0, 0.05) is 0 Å². The van der Waals surface area contributed by atoms with Crippen LogP contribution >= 0.6 is 0 Å². The molecule has 2 rings (SSSR count). The maximum atomic E-state index is 8.77. The third-order valence-corrected chi connectivity index (χ3v) is 8.11. The zero-order chi connectivity index (χ0) is 23.4. The van der Waals surface area contributed by atoms with E-state index in [0.29, 0.717) is 22.4 Å². The molecular formula is C21H32GeN+. The SMILES string of the molecule is [2H]c1cc(-c2cc(C([2H])([2H])C(C)C)[c]([Ge]([CH3])([CH3])[CH3])c[n+]2C)c(C)c([2H])c1C([2H])([2H])[2H]. The second kappa shape index (κ2) is 6.80. The van der Waals surface area contributed by atoms with Crippen molar-refractivity contribution in [3.63, 3.8) is 0 Å². The minimum absolute atomic E-state index is 0.150. The monoisotopic (exact) mass is 379 g/mol. The normalized spacial score (nSPS) is 17.7. The summed E-state index contributed by atoms with van der Waals surface area (Å²) < 4.78 is 60.2. The zero-order valence-electron chi connectivity index (χ0n) is 22.3. The molecule has 0 radical (unpaired) electrons. The Morgan fingerprint density at radius 2 is 2.04 bits per heavy atom. The van der Waals surface area contributed by atoms with Gasteiger partial charge in [-0.3, -0.25) is 0 Å². The van der Waals surface area contributed by atoms with Crippen molar-refractivity contribution in [2.45, 2.75) is 51.3 Å². The van der Waals surface area contributed by atoms with Gasteiger partial charge in [-0.1, -0.05) is 0 Å². The van der Waals surface area contributed by atoms with Crippen LogP contribution in [0.15, 0.2) is 30.4 Å². The van der Waals surface area contributed by atoms with Gasteiger partial charge in [0.05, 0.1) is 0 Å². The Labute approximate surface area is 155 Å². The van der Waals surface area contributed by atoms with Crippen molar-refractivity contribution in [2.75, 3.05) is 0 Å². The first-order valence-electron chi connectivity index (χ1n) is 11.6. The number of rotatable bonds is 4. The predicted octanol–water partition coefficient (Wildman–Crippen LogP) is 4.54. The molecule has 0 atom stereocenters. The Hall–Kier alpha value is -1.09. The second-order valence-electron chi connectivity index (χ2n) is 7.47. The molecule has 1 heterocycles. The summed E-state index contributed by atoms with van der Waals surface area (Å²) in [5.41, 5.74) is 2.17. The van der Waals surface area contributed by atoms with Gasteiger partial charge >= 0.3 is 154 Å². The number of benzene rings is 1. The number of hydrogen-bond donors (Lipinski definition) is 0. The molecule has 0 spiro atoms. The van der Waals surface area contributed by atoms with Crippen LogP contribution in [0.25, 0.3) is 11.3 Å². The van der Waals surface area contributed by atoms with Crippen LogP contribution < -0.4 is 8.96 Å². The van der Waals surface area contributed by atoms with Gasteiger partial charge in [-0.2, -0.15) is 0 Å². The van der Waals surface area contributed by atoms with E-state index in [2.05, 4.69) is 17.3 Å². The number of pyridine rings is 1. The molecule has 2 aromatic rings. The van der Waals surface area contributed by atoms with Crippen LogP contribution in [0.5, 0.6) is 0 Å². The van der Waals surface area contributed by atoms with E-state index in [-0.39, 0.29) is 23.6 Å². The second-order valence-corrected chi connectivity index (χ2v) is 18.0. The maximum absolute atomic E-state index is 8.77. The summed E-state index contributed by atoms with van der Waals surface area (Å²) in [6.45, 7) is 2.90. The van der Waals surface area contributed by atoms with E-state index in [1.54, 1.807) is 6.92 Å². The Morgan fingerprint density at radius 3 is 2.61 bits per heavy atom. The van der Waals surface area contributed by atoms with E-state index < -0.39 is 26.5 Å². The molecule has 0 fully saturated rings. The zero-order valence-corrected chi connectivity index (χ0v) is 17.4. The molecule has 0 saturated heterocycles. The Morgan fingerprint density at radius 1 is 1.35 bits per heavy atom. The minimum atomic E-state index is -2.52. The molecule has 0 bridgehead atoms. The number of aryl methyl sites for hydroxylation is 1. The summed E-state index contributed by atoms with van der Waals surface area (Å²) in [5.74, 6) is 6.47. The fourth-order valence-corrected chi connectivity index (χ4v) is 5.97. The van der Waals surface area contributed by atoms with Crippen LogP contribution in [0.4, 0.5) is 0 Å². The van der Waals surface area contributed by atoms with E-state index in [1.807, 2.05) is 37.7 Å². The van der Waals surface area contributed by atoms with Crippen molar-refractivity contribution >= 4 is 17.7 Å². The molecule has 0 N–H and O–H groups in total. The molecule has 1 aromatic heterocycles. The van der Waals surface area contributed by atoms with Crippen molar-refractivity contribution in [3.8, 4) is 11.3 Å². The molecule has 0 unspecified atom stereocenters. The van der Waals surface area contributed by atoms with Crippen molar-refractivity contribution in [2.24, 2.45) is 13.0 Å². The topological polar surface area (TPSA) is 3.88 Å². The Balaban J connectivity index is 2.91. The molecule has 0 aliphatic carbocycles.